The van der Waals surface area contributed by atoms with Crippen molar-refractivity contribution >= 4 is 23.7 Å². The molecule has 2 heterocycles. The van der Waals surface area contributed by atoms with Crippen LogP contribution in [-0.4, -0.2) is 42.6 Å². The van der Waals surface area contributed by atoms with Crippen molar-refractivity contribution in [3.63, 3.8) is 0 Å². The average molecular weight is 447 g/mol. The van der Waals surface area contributed by atoms with E-state index in [2.05, 4.69) is 20.1 Å². The number of carboxylic acids is 1. The Morgan fingerprint density at radius 1 is 1.09 bits per heavy atom. The number of benzene rings is 1. The van der Waals surface area contributed by atoms with Gasteiger partial charge in [0.05, 0.1) is 17.2 Å². The zero-order valence-electron chi connectivity index (χ0n) is 18.4. The van der Waals surface area contributed by atoms with E-state index in [9.17, 15) is 14.7 Å². The summed E-state index contributed by atoms with van der Waals surface area (Å²) in [5.74, 6) is -1.15. The molecule has 1 fully saturated rings. The molecular formula is C23H25N7O3. The van der Waals surface area contributed by atoms with Crippen LogP contribution in [-0.2, 0) is 15.7 Å². The summed E-state index contributed by atoms with van der Waals surface area (Å²) >= 11 is 0. The van der Waals surface area contributed by atoms with E-state index in [1.54, 1.807) is 12.4 Å². The van der Waals surface area contributed by atoms with Gasteiger partial charge in [0.25, 0.3) is 5.91 Å². The van der Waals surface area contributed by atoms with Gasteiger partial charge in [-0.3, -0.25) is 9.48 Å². The molecule has 4 rings (SSSR count). The number of rotatable bonds is 6. The van der Waals surface area contributed by atoms with Crippen LogP contribution in [0.2, 0.25) is 0 Å². The fourth-order valence-electron chi connectivity index (χ4n) is 3.81. The number of nitrogens with zero attached hydrogens (tertiary/aromatic N) is 5. The first-order chi connectivity index (χ1) is 15.6. The maximum atomic E-state index is 12.8. The molecule has 2 aromatic heterocycles. The molecule has 0 saturated heterocycles. The van der Waals surface area contributed by atoms with Crippen LogP contribution in [0.3, 0.4) is 0 Å². The van der Waals surface area contributed by atoms with E-state index in [-0.39, 0.29) is 17.3 Å². The number of carbonyl (C=O) groups is 2. The summed E-state index contributed by atoms with van der Waals surface area (Å²) in [7, 11) is 0. The Labute approximate surface area is 190 Å². The molecule has 1 aliphatic carbocycles. The van der Waals surface area contributed by atoms with Crippen LogP contribution in [0.4, 0.5) is 5.95 Å². The first-order valence-corrected chi connectivity index (χ1v) is 10.5. The number of amides is 1. The largest absolute Gasteiger partial charge is 0.479 e. The quantitative estimate of drug-likeness (QED) is 0.383. The molecule has 1 aliphatic rings. The van der Waals surface area contributed by atoms with Crippen molar-refractivity contribution in [3.05, 3.63) is 60.2 Å². The lowest BCUT2D eigenvalue weighted by Gasteiger charge is -2.41. The number of hydrogen-bond donors (Lipinski definition) is 3. The Balaban J connectivity index is 1.58. The highest BCUT2D eigenvalue weighted by molar-refractivity contribution is 6.06. The van der Waals surface area contributed by atoms with Crippen molar-refractivity contribution in [1.82, 2.24) is 19.7 Å². The Morgan fingerprint density at radius 3 is 2.27 bits per heavy atom. The molecule has 170 valence electrons. The van der Waals surface area contributed by atoms with Crippen LogP contribution in [0.5, 0.6) is 0 Å². The molecular weight excluding hydrogens is 422 g/mol. The highest BCUT2D eigenvalue weighted by Crippen LogP contribution is 2.44. The van der Waals surface area contributed by atoms with Crippen molar-refractivity contribution in [2.24, 2.45) is 10.7 Å². The second-order valence-corrected chi connectivity index (χ2v) is 8.68. The molecule has 1 amide bonds. The molecule has 0 radical (unpaired) electrons. The maximum Gasteiger partial charge on any atom is 0.331 e. The molecule has 1 aromatic carbocycles. The summed E-state index contributed by atoms with van der Waals surface area (Å²) in [5, 5.41) is 13.4. The minimum Gasteiger partial charge on any atom is -0.479 e. The number of amidine groups is 1. The van der Waals surface area contributed by atoms with Gasteiger partial charge in [-0.1, -0.05) is 30.7 Å². The predicted molar refractivity (Wildman–Crippen MR) is 123 cm³/mol. The van der Waals surface area contributed by atoms with Crippen molar-refractivity contribution < 1.29 is 14.7 Å². The van der Waals surface area contributed by atoms with Gasteiger partial charge in [0.1, 0.15) is 5.84 Å². The molecule has 5 N–H and O–H groups in total. The molecule has 33 heavy (non-hydrogen) atoms. The minimum absolute atomic E-state index is 0.181. The van der Waals surface area contributed by atoms with Crippen molar-refractivity contribution in [3.8, 4) is 11.1 Å². The normalized spacial score (nSPS) is 15.6. The molecule has 0 atom stereocenters. The lowest BCUT2D eigenvalue weighted by molar-refractivity contribution is -0.146. The fourth-order valence-corrected chi connectivity index (χ4v) is 3.81. The topological polar surface area (TPSA) is 162 Å². The molecule has 3 aromatic rings. The van der Waals surface area contributed by atoms with Crippen molar-refractivity contribution in [2.45, 2.75) is 44.1 Å². The third kappa shape index (κ3) is 3.95. The first-order valence-electron chi connectivity index (χ1n) is 10.5. The second-order valence-electron chi connectivity index (χ2n) is 8.68. The van der Waals surface area contributed by atoms with Crippen molar-refractivity contribution in [2.75, 3.05) is 5.73 Å². The van der Waals surface area contributed by atoms with Gasteiger partial charge in [-0.25, -0.2) is 14.8 Å². The second kappa shape index (κ2) is 8.12. The number of aliphatic carboxylic acids is 1. The summed E-state index contributed by atoms with van der Waals surface area (Å²) in [5.41, 5.74) is 13.1. The Kier molecular flexibility index (Phi) is 5.44. The van der Waals surface area contributed by atoms with E-state index in [1.165, 1.54) is 30.9 Å². The number of aromatic nitrogens is 4. The zero-order valence-corrected chi connectivity index (χ0v) is 18.4. The van der Waals surface area contributed by atoms with Gasteiger partial charge in [0.15, 0.2) is 5.54 Å². The van der Waals surface area contributed by atoms with Crippen LogP contribution >= 0.6 is 0 Å². The number of nitrogens with two attached hydrogens (primary N) is 2. The number of nitrogen functional groups attached to an aromatic ring is 1. The van der Waals surface area contributed by atoms with Crippen LogP contribution in [0.15, 0.2) is 54.0 Å². The number of aliphatic imine (C=N–C) groups is 1. The van der Waals surface area contributed by atoms with E-state index >= 15 is 0 Å². The van der Waals surface area contributed by atoms with E-state index in [0.29, 0.717) is 0 Å². The summed E-state index contributed by atoms with van der Waals surface area (Å²) in [6, 6.07) is 7.87. The number of anilines is 1. The molecule has 10 nitrogen and oxygen atoms in total. The van der Waals surface area contributed by atoms with Gasteiger partial charge in [0, 0.05) is 24.2 Å². The lowest BCUT2D eigenvalue weighted by Crippen LogP contribution is -2.47. The van der Waals surface area contributed by atoms with E-state index in [0.717, 1.165) is 36.0 Å². The summed E-state index contributed by atoms with van der Waals surface area (Å²) in [6.45, 7) is 3.00. The fraction of sp³-hybridized carbons (Fsp3) is 0.304. The lowest BCUT2D eigenvalue weighted by atomic mass is 9.63. The summed E-state index contributed by atoms with van der Waals surface area (Å²) in [4.78, 5) is 36.4. The standard InChI is InChI=1S/C23H25N7O3/c1-22(2,20(32)33)30-13-16(12-28-30)18(31)29-19(24)23(8-3-9-23)17-6-4-14(5-7-17)15-10-26-21(25)27-11-15/h4-7,10-13H,3,8-9H2,1-2H3,(H,32,33)(H2,24,29,31)(H2,25,26,27). The molecule has 0 spiro atoms. The van der Waals surface area contributed by atoms with Crippen molar-refractivity contribution in [1.29, 1.82) is 0 Å². The minimum atomic E-state index is -1.29. The molecule has 0 aliphatic heterocycles. The summed E-state index contributed by atoms with van der Waals surface area (Å²) in [6.07, 6.45) is 8.55. The number of carbonyl (C=O) groups excluding carboxylic acids is 1. The van der Waals surface area contributed by atoms with Crippen LogP contribution in [0.25, 0.3) is 11.1 Å². The van der Waals surface area contributed by atoms with Gasteiger partial charge in [-0.05, 0) is 37.8 Å². The average Bonchev–Trinajstić information content (AvgIpc) is 3.25. The monoisotopic (exact) mass is 447 g/mol. The SMILES string of the molecule is CC(C)(C(=O)O)n1cc(C(=O)N=C(N)C2(c3ccc(-c4cnc(N)nc4)cc3)CCC2)cn1. The van der Waals surface area contributed by atoms with Gasteiger partial charge >= 0.3 is 5.97 Å². The van der Waals surface area contributed by atoms with Gasteiger partial charge in [-0.15, -0.1) is 0 Å². The Hall–Kier alpha value is -4.08. The zero-order chi connectivity index (χ0) is 23.8. The smallest absolute Gasteiger partial charge is 0.331 e. The summed E-state index contributed by atoms with van der Waals surface area (Å²) < 4.78 is 1.23. The van der Waals surface area contributed by atoms with E-state index < -0.39 is 22.8 Å². The predicted octanol–water partition coefficient (Wildman–Crippen LogP) is 2.36. The first kappa shape index (κ1) is 22.1. The maximum absolute atomic E-state index is 12.8. The molecule has 0 bridgehead atoms. The van der Waals surface area contributed by atoms with Gasteiger partial charge in [-0.2, -0.15) is 10.1 Å². The number of carboxylic acid groups (broad SMARTS) is 1. The van der Waals surface area contributed by atoms with Crippen LogP contribution < -0.4 is 11.5 Å². The van der Waals surface area contributed by atoms with Crippen LogP contribution in [0, 0.1) is 0 Å². The molecule has 10 heteroatoms. The Morgan fingerprint density at radius 2 is 1.73 bits per heavy atom. The third-order valence-electron chi connectivity index (χ3n) is 6.29. The number of hydrogen-bond acceptors (Lipinski definition) is 6. The van der Waals surface area contributed by atoms with E-state index in [1.807, 2.05) is 24.3 Å². The van der Waals surface area contributed by atoms with Gasteiger partial charge < -0.3 is 16.6 Å². The third-order valence-corrected chi connectivity index (χ3v) is 6.29. The Bertz CT molecular complexity index is 1220. The van der Waals surface area contributed by atoms with E-state index in [4.69, 9.17) is 11.5 Å². The van der Waals surface area contributed by atoms with Crippen LogP contribution in [0.1, 0.15) is 49.0 Å². The molecule has 0 unspecified atom stereocenters. The molecule has 1 saturated carbocycles. The van der Waals surface area contributed by atoms with Gasteiger partial charge in [0.2, 0.25) is 5.95 Å². The highest BCUT2D eigenvalue weighted by atomic mass is 16.4. The highest BCUT2D eigenvalue weighted by Gasteiger charge is 2.43.